The molecule has 17 heavy (non-hydrogen) atoms. The molecule has 98 valence electrons. The molecule has 0 aromatic carbocycles. The Morgan fingerprint density at radius 3 is 2.71 bits per heavy atom. The van der Waals surface area contributed by atoms with Crippen LogP contribution < -0.4 is 10.0 Å². The number of sulfonamides is 1. The molecule has 1 aromatic rings. The van der Waals surface area contributed by atoms with Crippen molar-refractivity contribution in [3.05, 3.63) is 20.8 Å². The second kappa shape index (κ2) is 6.84. The lowest BCUT2D eigenvalue weighted by Gasteiger charge is -2.09. The summed E-state index contributed by atoms with van der Waals surface area (Å²) in [6.45, 7) is 4.81. The first kappa shape index (κ1) is 15.1. The monoisotopic (exact) mass is 340 g/mol. The second-order valence-electron chi connectivity index (χ2n) is 3.98. The largest absolute Gasteiger partial charge is 0.313 e. The van der Waals surface area contributed by atoms with E-state index in [9.17, 15) is 8.42 Å². The molecule has 0 aliphatic rings. The zero-order chi connectivity index (χ0) is 12.9. The van der Waals surface area contributed by atoms with Gasteiger partial charge in [-0.15, -0.1) is 11.3 Å². The second-order valence-corrected chi connectivity index (χ2v) is 7.82. The molecular formula is C10H17BrN2O2S2. The fraction of sp³-hybridized carbons (Fsp3) is 0.600. The average Bonchev–Trinajstić information content (AvgIpc) is 2.61. The smallest absolute Gasteiger partial charge is 0.213 e. The highest BCUT2D eigenvalue weighted by Gasteiger charge is 2.10. The van der Waals surface area contributed by atoms with Crippen LogP contribution in [0.3, 0.4) is 0 Å². The van der Waals surface area contributed by atoms with E-state index in [0.717, 1.165) is 9.35 Å². The highest BCUT2D eigenvalue weighted by Crippen LogP contribution is 2.19. The van der Waals surface area contributed by atoms with Crippen molar-refractivity contribution in [1.29, 1.82) is 0 Å². The van der Waals surface area contributed by atoms with Crippen molar-refractivity contribution in [3.63, 3.8) is 0 Å². The van der Waals surface area contributed by atoms with Crippen molar-refractivity contribution >= 4 is 37.3 Å². The minimum absolute atomic E-state index is 0.109. The van der Waals surface area contributed by atoms with E-state index in [1.807, 2.05) is 25.3 Å². The molecular weight excluding hydrogens is 324 g/mol. The van der Waals surface area contributed by atoms with Gasteiger partial charge in [0.25, 0.3) is 0 Å². The van der Waals surface area contributed by atoms with E-state index in [2.05, 4.69) is 26.0 Å². The van der Waals surface area contributed by atoms with Gasteiger partial charge in [0.15, 0.2) is 0 Å². The van der Waals surface area contributed by atoms with Gasteiger partial charge in [-0.3, -0.25) is 0 Å². The zero-order valence-corrected chi connectivity index (χ0v) is 13.1. The molecule has 2 N–H and O–H groups in total. The van der Waals surface area contributed by atoms with Crippen LogP contribution in [0.25, 0.3) is 0 Å². The van der Waals surface area contributed by atoms with E-state index in [1.54, 1.807) is 0 Å². The van der Waals surface area contributed by atoms with Gasteiger partial charge in [-0.25, -0.2) is 13.1 Å². The van der Waals surface area contributed by atoms with E-state index in [-0.39, 0.29) is 5.75 Å². The van der Waals surface area contributed by atoms with Gasteiger partial charge in [0, 0.05) is 33.9 Å². The summed E-state index contributed by atoms with van der Waals surface area (Å²) < 4.78 is 26.8. The van der Waals surface area contributed by atoms with Gasteiger partial charge in [0.2, 0.25) is 10.0 Å². The van der Waals surface area contributed by atoms with E-state index in [1.165, 1.54) is 11.3 Å². The molecule has 0 atom stereocenters. The molecule has 0 aliphatic heterocycles. The summed E-state index contributed by atoms with van der Waals surface area (Å²) in [7, 11) is -3.19. The SMILES string of the molecule is CC(C)NCCS(=O)(=O)NCc1cc(Br)cs1. The van der Waals surface area contributed by atoms with Gasteiger partial charge < -0.3 is 5.32 Å². The molecule has 0 bridgehead atoms. The number of hydrogen-bond acceptors (Lipinski definition) is 4. The predicted molar refractivity (Wildman–Crippen MR) is 75.8 cm³/mol. The fourth-order valence-electron chi connectivity index (χ4n) is 1.18. The maximum Gasteiger partial charge on any atom is 0.213 e. The Kier molecular flexibility index (Phi) is 6.08. The summed E-state index contributed by atoms with van der Waals surface area (Å²) in [6.07, 6.45) is 0. The molecule has 0 amide bonds. The van der Waals surface area contributed by atoms with Gasteiger partial charge in [0.05, 0.1) is 5.75 Å². The maximum absolute atomic E-state index is 11.6. The number of thiophene rings is 1. The van der Waals surface area contributed by atoms with Crippen LogP contribution >= 0.6 is 27.3 Å². The van der Waals surface area contributed by atoms with Crippen LogP contribution in [0, 0.1) is 0 Å². The molecule has 0 spiro atoms. The van der Waals surface area contributed by atoms with Crippen molar-refractivity contribution in [2.24, 2.45) is 0 Å². The van der Waals surface area contributed by atoms with Crippen LogP contribution in [0.5, 0.6) is 0 Å². The van der Waals surface area contributed by atoms with Crippen LogP contribution in [0.15, 0.2) is 15.9 Å². The topological polar surface area (TPSA) is 58.2 Å². The van der Waals surface area contributed by atoms with Crippen molar-refractivity contribution in [2.45, 2.75) is 26.4 Å². The third-order valence-corrected chi connectivity index (χ3v) is 5.03. The molecule has 1 aromatic heterocycles. The normalized spacial score (nSPS) is 12.2. The molecule has 4 nitrogen and oxygen atoms in total. The summed E-state index contributed by atoms with van der Waals surface area (Å²) in [4.78, 5) is 0.997. The Morgan fingerprint density at radius 2 is 2.18 bits per heavy atom. The van der Waals surface area contributed by atoms with Crippen LogP contribution in [0.4, 0.5) is 0 Å². The van der Waals surface area contributed by atoms with Gasteiger partial charge in [0.1, 0.15) is 0 Å². The van der Waals surface area contributed by atoms with Crippen molar-refractivity contribution in [3.8, 4) is 0 Å². The average molecular weight is 341 g/mol. The van der Waals surface area contributed by atoms with Gasteiger partial charge >= 0.3 is 0 Å². The quantitative estimate of drug-likeness (QED) is 0.797. The van der Waals surface area contributed by atoms with Gasteiger partial charge in [-0.05, 0) is 22.0 Å². The van der Waals surface area contributed by atoms with Gasteiger partial charge in [-0.1, -0.05) is 13.8 Å². The van der Waals surface area contributed by atoms with Gasteiger partial charge in [-0.2, -0.15) is 0 Å². The summed E-state index contributed by atoms with van der Waals surface area (Å²) in [5.74, 6) is 0.109. The number of rotatable bonds is 7. The Hall–Kier alpha value is 0.0500. The highest BCUT2D eigenvalue weighted by molar-refractivity contribution is 9.10. The highest BCUT2D eigenvalue weighted by atomic mass is 79.9. The first-order valence-electron chi connectivity index (χ1n) is 5.33. The Labute approximate surface area is 115 Å². The van der Waals surface area contributed by atoms with Crippen molar-refractivity contribution in [2.75, 3.05) is 12.3 Å². The zero-order valence-electron chi connectivity index (χ0n) is 9.86. The Bertz CT molecular complexity index is 443. The lowest BCUT2D eigenvalue weighted by atomic mass is 10.4. The molecule has 1 heterocycles. The number of halogens is 1. The first-order chi connectivity index (χ1) is 7.89. The summed E-state index contributed by atoms with van der Waals surface area (Å²) in [5, 5.41) is 5.01. The summed E-state index contributed by atoms with van der Waals surface area (Å²) in [5.41, 5.74) is 0. The molecule has 0 saturated heterocycles. The third kappa shape index (κ3) is 6.52. The first-order valence-corrected chi connectivity index (χ1v) is 8.65. The van der Waals surface area contributed by atoms with E-state index in [0.29, 0.717) is 19.1 Å². The Morgan fingerprint density at radius 1 is 1.47 bits per heavy atom. The van der Waals surface area contributed by atoms with Crippen LogP contribution in [-0.4, -0.2) is 26.8 Å². The van der Waals surface area contributed by atoms with Crippen LogP contribution in [-0.2, 0) is 16.6 Å². The standard InChI is InChI=1S/C10H17BrN2O2S2/c1-8(2)12-3-4-17(14,15)13-6-10-5-9(11)7-16-10/h5,7-8,12-13H,3-4,6H2,1-2H3. The molecule has 1 rings (SSSR count). The molecule has 0 radical (unpaired) electrons. The lowest BCUT2D eigenvalue weighted by molar-refractivity contribution is 0.567. The van der Waals surface area contributed by atoms with Crippen LogP contribution in [0.2, 0.25) is 0 Å². The summed E-state index contributed by atoms with van der Waals surface area (Å²) in [6, 6.07) is 2.22. The third-order valence-electron chi connectivity index (χ3n) is 2.01. The fourth-order valence-corrected chi connectivity index (χ4v) is 3.57. The van der Waals surface area contributed by atoms with E-state index >= 15 is 0 Å². The van der Waals surface area contributed by atoms with Crippen molar-refractivity contribution < 1.29 is 8.42 Å². The number of hydrogen-bond donors (Lipinski definition) is 2. The van der Waals surface area contributed by atoms with E-state index < -0.39 is 10.0 Å². The van der Waals surface area contributed by atoms with E-state index in [4.69, 9.17) is 0 Å². The molecule has 0 fully saturated rings. The molecule has 0 saturated carbocycles. The maximum atomic E-state index is 11.6. The molecule has 7 heteroatoms. The minimum atomic E-state index is -3.19. The molecule has 0 aliphatic carbocycles. The van der Waals surface area contributed by atoms with Crippen molar-refractivity contribution in [1.82, 2.24) is 10.0 Å². The summed E-state index contributed by atoms with van der Waals surface area (Å²) >= 11 is 4.86. The van der Waals surface area contributed by atoms with Crippen LogP contribution in [0.1, 0.15) is 18.7 Å². The molecule has 0 unspecified atom stereocenters. The Balaban J connectivity index is 2.34. The minimum Gasteiger partial charge on any atom is -0.313 e. The number of nitrogens with one attached hydrogen (secondary N) is 2. The lowest BCUT2D eigenvalue weighted by Crippen LogP contribution is -2.34. The predicted octanol–water partition coefficient (Wildman–Crippen LogP) is 1.93.